The van der Waals surface area contributed by atoms with Gasteiger partial charge in [0.05, 0.1) is 0 Å². The van der Waals surface area contributed by atoms with Crippen LogP contribution >= 0.6 is 0 Å². The first-order chi connectivity index (χ1) is 4.00. The summed E-state index contributed by atoms with van der Waals surface area (Å²) in [6.45, 7) is 9.79. The summed E-state index contributed by atoms with van der Waals surface area (Å²) in [6.07, 6.45) is 0. The van der Waals surface area contributed by atoms with E-state index < -0.39 is 11.2 Å². The van der Waals surface area contributed by atoms with Crippen LogP contribution in [0.5, 0.6) is 0 Å². The molecule has 0 amide bonds. The third-order valence-corrected chi connectivity index (χ3v) is 0. The summed E-state index contributed by atoms with van der Waals surface area (Å²) in [7, 11) is 0. The van der Waals surface area contributed by atoms with Gasteiger partial charge in [0.25, 0.3) is 0 Å². The molecule has 0 spiro atoms. The van der Waals surface area contributed by atoms with Gasteiger partial charge in [-0.25, -0.2) is 0 Å². The first-order valence-electron chi connectivity index (χ1n) is 3.41. The van der Waals surface area contributed by atoms with Crippen LogP contribution in [0.2, 0.25) is 0 Å². The van der Waals surface area contributed by atoms with Gasteiger partial charge in [-0.05, 0) is 0 Å². The average molecular weight is 234 g/mol. The fourth-order valence-corrected chi connectivity index (χ4v) is 0. The molecule has 0 N–H and O–H groups in total. The van der Waals surface area contributed by atoms with Crippen molar-refractivity contribution in [2.24, 2.45) is 0 Å². The average Bonchev–Trinajstić information content (AvgIpc) is 1.12. The first kappa shape index (κ1) is 18.2. The molecule has 0 aromatic carbocycles. The molecule has 0 bridgehead atoms. The van der Waals surface area contributed by atoms with Crippen molar-refractivity contribution < 1.29 is 10.2 Å². The topological polar surface area (TPSA) is 46.1 Å². The molecule has 0 atom stereocenters. The Bertz CT molecular complexity index is 55.1. The molecule has 0 rings (SSSR count). The monoisotopic (exact) mass is 234 g/mol. The zero-order valence-corrected chi connectivity index (χ0v) is 12.0. The maximum Gasteiger partial charge on any atom is 2.00 e. The van der Waals surface area contributed by atoms with Gasteiger partial charge in [0.2, 0.25) is 0 Å². The van der Waals surface area contributed by atoms with Crippen LogP contribution in [0, 0.1) is 0 Å². The van der Waals surface area contributed by atoms with Crippen LogP contribution in [0.25, 0.3) is 0 Å². The molecule has 0 fully saturated rings. The van der Waals surface area contributed by atoms with Crippen LogP contribution in [-0.4, -0.2) is 56.7 Å². The van der Waals surface area contributed by atoms with E-state index in [1.807, 2.05) is 0 Å². The molecule has 0 aliphatic heterocycles. The molecule has 3 heteroatoms. The van der Waals surface area contributed by atoms with E-state index in [4.69, 9.17) is 0 Å². The minimum Gasteiger partial charge on any atom is -0.850 e. The molecule has 2 nitrogen and oxygen atoms in total. The van der Waals surface area contributed by atoms with Gasteiger partial charge >= 0.3 is 45.5 Å². The zero-order valence-electron chi connectivity index (χ0n) is 8.52. The van der Waals surface area contributed by atoms with E-state index in [2.05, 4.69) is 0 Å². The molecule has 0 unspecified atom stereocenters. The summed E-state index contributed by atoms with van der Waals surface area (Å²) >= 11 is 0. The smallest absolute Gasteiger partial charge is 0.850 e. The Hall–Kier alpha value is 1.40. The normalized spacial score (nSPS) is 10.9. The quantitative estimate of drug-likeness (QED) is 0.549. The van der Waals surface area contributed by atoms with Gasteiger partial charge in [0.15, 0.2) is 0 Å². The van der Waals surface area contributed by atoms with E-state index in [9.17, 15) is 10.2 Å². The molecular formula is C8H18O2Sr. The van der Waals surface area contributed by atoms with Gasteiger partial charge < -0.3 is 10.2 Å². The molecule has 0 radical (unpaired) electrons. The second-order valence-corrected chi connectivity index (χ2v) is 4.22. The van der Waals surface area contributed by atoms with Crippen LogP contribution in [0.4, 0.5) is 0 Å². The van der Waals surface area contributed by atoms with E-state index in [1.54, 1.807) is 41.5 Å². The summed E-state index contributed by atoms with van der Waals surface area (Å²) in [4.78, 5) is 0. The van der Waals surface area contributed by atoms with E-state index in [0.717, 1.165) is 0 Å². The standard InChI is InChI=1S/2C4H9O.Sr/c2*1-4(2,3)5;/h2*1-3H3;/q2*-1;+2. The molecule has 64 valence electrons. The molecule has 11 heavy (non-hydrogen) atoms. The van der Waals surface area contributed by atoms with Crippen molar-refractivity contribution in [1.29, 1.82) is 0 Å². The van der Waals surface area contributed by atoms with Crippen molar-refractivity contribution in [2.75, 3.05) is 0 Å². The molecule has 0 saturated heterocycles. The summed E-state index contributed by atoms with van der Waals surface area (Å²) in [5.41, 5.74) is -1.50. The van der Waals surface area contributed by atoms with Crippen LogP contribution in [-0.2, 0) is 0 Å². The van der Waals surface area contributed by atoms with Crippen molar-refractivity contribution in [3.8, 4) is 0 Å². The van der Waals surface area contributed by atoms with E-state index >= 15 is 0 Å². The predicted molar refractivity (Wildman–Crippen MR) is 45.3 cm³/mol. The first-order valence-corrected chi connectivity index (χ1v) is 3.41. The van der Waals surface area contributed by atoms with Crippen molar-refractivity contribution >= 4 is 45.5 Å². The maximum atomic E-state index is 10.1. The molecule has 0 aromatic heterocycles. The van der Waals surface area contributed by atoms with E-state index in [1.165, 1.54) is 0 Å². The zero-order chi connectivity index (χ0) is 9.00. The Kier molecular flexibility index (Phi) is 11.4. The van der Waals surface area contributed by atoms with E-state index in [0.29, 0.717) is 0 Å². The van der Waals surface area contributed by atoms with E-state index in [-0.39, 0.29) is 45.5 Å². The minimum atomic E-state index is -0.750. The SMILES string of the molecule is CC(C)(C)[O-].CC(C)(C)[O-].[Sr+2]. The van der Waals surface area contributed by atoms with Gasteiger partial charge in [-0.15, -0.1) is 11.2 Å². The number of rotatable bonds is 0. The fraction of sp³-hybridized carbons (Fsp3) is 1.00. The maximum absolute atomic E-state index is 10.1. The van der Waals surface area contributed by atoms with Crippen molar-refractivity contribution in [3.63, 3.8) is 0 Å². The van der Waals surface area contributed by atoms with Gasteiger partial charge in [-0.2, -0.15) is 0 Å². The molecule has 0 aliphatic rings. The molecule has 0 heterocycles. The Labute approximate surface area is 107 Å². The van der Waals surface area contributed by atoms with Crippen LogP contribution in [0.1, 0.15) is 41.5 Å². The Morgan fingerprint density at radius 2 is 0.636 bits per heavy atom. The Morgan fingerprint density at radius 3 is 0.636 bits per heavy atom. The summed E-state index contributed by atoms with van der Waals surface area (Å²) in [5.74, 6) is 0. The van der Waals surface area contributed by atoms with Crippen molar-refractivity contribution in [2.45, 2.75) is 52.7 Å². The molecule has 0 saturated carbocycles. The van der Waals surface area contributed by atoms with Gasteiger partial charge in [-0.3, -0.25) is 0 Å². The van der Waals surface area contributed by atoms with Crippen LogP contribution < -0.4 is 10.2 Å². The summed E-state index contributed by atoms with van der Waals surface area (Å²) < 4.78 is 0. The Balaban J connectivity index is -0.000000107. The number of hydrogen-bond acceptors (Lipinski definition) is 2. The van der Waals surface area contributed by atoms with Gasteiger partial charge in [-0.1, -0.05) is 41.5 Å². The largest absolute Gasteiger partial charge is 2.00 e. The summed E-state index contributed by atoms with van der Waals surface area (Å²) in [5, 5.41) is 20.2. The summed E-state index contributed by atoms with van der Waals surface area (Å²) in [6, 6.07) is 0. The fourth-order valence-electron chi connectivity index (χ4n) is 0. The van der Waals surface area contributed by atoms with Crippen LogP contribution in [0.3, 0.4) is 0 Å². The second-order valence-electron chi connectivity index (χ2n) is 4.22. The minimum absolute atomic E-state index is 0. The molecule has 0 aromatic rings. The number of hydrogen-bond donors (Lipinski definition) is 0. The van der Waals surface area contributed by atoms with Crippen molar-refractivity contribution in [3.05, 3.63) is 0 Å². The van der Waals surface area contributed by atoms with Crippen molar-refractivity contribution in [1.82, 2.24) is 0 Å². The van der Waals surface area contributed by atoms with Gasteiger partial charge in [0, 0.05) is 0 Å². The van der Waals surface area contributed by atoms with Crippen LogP contribution in [0.15, 0.2) is 0 Å². The van der Waals surface area contributed by atoms with Gasteiger partial charge in [0.1, 0.15) is 0 Å². The third kappa shape index (κ3) is 514. The molecular weight excluding hydrogens is 216 g/mol. The third-order valence-electron chi connectivity index (χ3n) is 0. The second kappa shape index (κ2) is 6.87. The Morgan fingerprint density at radius 1 is 0.636 bits per heavy atom. The predicted octanol–water partition coefficient (Wildman–Crippen LogP) is -0.0904. The molecule has 0 aliphatic carbocycles.